The lowest BCUT2D eigenvalue weighted by Gasteiger charge is -2.26. The van der Waals surface area contributed by atoms with Gasteiger partial charge in [0.15, 0.2) is 5.65 Å². The monoisotopic (exact) mass is 288 g/mol. The lowest BCUT2D eigenvalue weighted by Crippen LogP contribution is -2.38. The van der Waals surface area contributed by atoms with Crippen LogP contribution < -0.4 is 5.32 Å². The molecule has 1 N–H and O–H groups in total. The van der Waals surface area contributed by atoms with E-state index in [9.17, 15) is 4.79 Å². The first kappa shape index (κ1) is 13.8. The second kappa shape index (κ2) is 5.67. The Hall–Kier alpha value is -2.18. The molecule has 1 amide bonds. The maximum Gasteiger partial charge on any atom is 0.222 e. The summed E-state index contributed by atoms with van der Waals surface area (Å²) in [6, 6.07) is 0. The third-order valence-corrected chi connectivity index (χ3v) is 3.89. The molecule has 0 aliphatic carbocycles. The summed E-state index contributed by atoms with van der Waals surface area (Å²) >= 11 is 0. The summed E-state index contributed by atoms with van der Waals surface area (Å²) in [5.74, 6) is 1.04. The van der Waals surface area contributed by atoms with Gasteiger partial charge >= 0.3 is 0 Å². The van der Waals surface area contributed by atoms with E-state index < -0.39 is 0 Å². The number of amides is 1. The maximum absolute atomic E-state index is 11.8. The smallest absolute Gasteiger partial charge is 0.222 e. The van der Waals surface area contributed by atoms with E-state index in [1.54, 1.807) is 4.68 Å². The molecular weight excluding hydrogens is 268 g/mol. The van der Waals surface area contributed by atoms with Gasteiger partial charge in [-0.1, -0.05) is 0 Å². The first-order chi connectivity index (χ1) is 10.2. The van der Waals surface area contributed by atoms with Crippen molar-refractivity contribution >= 4 is 22.8 Å². The van der Waals surface area contributed by atoms with E-state index >= 15 is 0 Å². The molecule has 1 aliphatic heterocycles. The van der Waals surface area contributed by atoms with Gasteiger partial charge in [-0.15, -0.1) is 0 Å². The molecule has 0 spiro atoms. The SMILES string of the molecule is Cc1nn(C)c2ncnc(NCCN3CCCCC3=O)c12. The Labute approximate surface area is 123 Å². The largest absolute Gasteiger partial charge is 0.368 e. The van der Waals surface area contributed by atoms with E-state index in [2.05, 4.69) is 20.4 Å². The molecular formula is C14H20N6O. The minimum atomic E-state index is 0.258. The van der Waals surface area contributed by atoms with Gasteiger partial charge in [0.2, 0.25) is 5.91 Å². The fourth-order valence-corrected chi connectivity index (χ4v) is 2.82. The molecule has 0 atom stereocenters. The normalized spacial score (nSPS) is 15.7. The van der Waals surface area contributed by atoms with Crippen LogP contribution in [0.1, 0.15) is 25.0 Å². The van der Waals surface area contributed by atoms with E-state index in [1.165, 1.54) is 6.33 Å². The summed E-state index contributed by atoms with van der Waals surface area (Å²) in [4.78, 5) is 22.2. The van der Waals surface area contributed by atoms with Gasteiger partial charge in [0.25, 0.3) is 0 Å². The van der Waals surface area contributed by atoms with Crippen LogP contribution in [0, 0.1) is 6.92 Å². The molecule has 7 nitrogen and oxygen atoms in total. The van der Waals surface area contributed by atoms with Gasteiger partial charge in [-0.3, -0.25) is 9.48 Å². The quantitative estimate of drug-likeness (QED) is 0.911. The predicted molar refractivity (Wildman–Crippen MR) is 80.0 cm³/mol. The number of nitrogens with one attached hydrogen (secondary N) is 1. The Kier molecular flexibility index (Phi) is 3.72. The average molecular weight is 288 g/mol. The van der Waals surface area contributed by atoms with Crippen LogP contribution in [-0.2, 0) is 11.8 Å². The van der Waals surface area contributed by atoms with Crippen LogP contribution in [0.15, 0.2) is 6.33 Å². The summed E-state index contributed by atoms with van der Waals surface area (Å²) in [6.07, 6.45) is 4.34. The van der Waals surface area contributed by atoms with Crippen LogP contribution in [0.3, 0.4) is 0 Å². The number of likely N-dealkylation sites (tertiary alicyclic amines) is 1. The Morgan fingerprint density at radius 2 is 2.19 bits per heavy atom. The number of carbonyl (C=O) groups is 1. The zero-order valence-corrected chi connectivity index (χ0v) is 12.5. The molecule has 3 rings (SSSR count). The van der Waals surface area contributed by atoms with Crippen molar-refractivity contribution in [2.75, 3.05) is 25.0 Å². The number of rotatable bonds is 4. The fraction of sp³-hybridized carbons (Fsp3) is 0.571. The molecule has 0 aromatic carbocycles. The number of hydrogen-bond acceptors (Lipinski definition) is 5. The number of carbonyl (C=O) groups excluding carboxylic acids is 1. The van der Waals surface area contributed by atoms with E-state index in [0.29, 0.717) is 19.5 Å². The van der Waals surface area contributed by atoms with Crippen molar-refractivity contribution in [1.29, 1.82) is 0 Å². The molecule has 1 fully saturated rings. The number of aryl methyl sites for hydroxylation is 2. The van der Waals surface area contributed by atoms with Crippen LogP contribution >= 0.6 is 0 Å². The van der Waals surface area contributed by atoms with Gasteiger partial charge in [-0.25, -0.2) is 9.97 Å². The number of fused-ring (bicyclic) bond motifs is 1. The lowest BCUT2D eigenvalue weighted by molar-refractivity contribution is -0.133. The first-order valence-electron chi connectivity index (χ1n) is 7.33. The number of aromatic nitrogens is 4. The highest BCUT2D eigenvalue weighted by Gasteiger charge is 2.17. The molecule has 112 valence electrons. The third-order valence-electron chi connectivity index (χ3n) is 3.89. The Balaban J connectivity index is 1.69. The molecule has 21 heavy (non-hydrogen) atoms. The van der Waals surface area contributed by atoms with Crippen LogP contribution in [0.4, 0.5) is 5.82 Å². The highest BCUT2D eigenvalue weighted by atomic mass is 16.2. The number of anilines is 1. The molecule has 0 bridgehead atoms. The van der Waals surface area contributed by atoms with Crippen molar-refractivity contribution in [2.24, 2.45) is 7.05 Å². The lowest BCUT2D eigenvalue weighted by atomic mass is 10.1. The van der Waals surface area contributed by atoms with Crippen molar-refractivity contribution < 1.29 is 4.79 Å². The zero-order valence-electron chi connectivity index (χ0n) is 12.5. The molecule has 2 aromatic heterocycles. The van der Waals surface area contributed by atoms with Crippen LogP contribution in [0.2, 0.25) is 0 Å². The number of hydrogen-bond donors (Lipinski definition) is 1. The molecule has 1 saturated heterocycles. The summed E-state index contributed by atoms with van der Waals surface area (Å²) < 4.78 is 1.76. The molecule has 0 unspecified atom stereocenters. The van der Waals surface area contributed by atoms with Gasteiger partial charge in [0, 0.05) is 33.1 Å². The van der Waals surface area contributed by atoms with Crippen LogP contribution in [0.5, 0.6) is 0 Å². The second-order valence-corrected chi connectivity index (χ2v) is 5.39. The van der Waals surface area contributed by atoms with Crippen LogP contribution in [0.25, 0.3) is 11.0 Å². The van der Waals surface area contributed by atoms with Gasteiger partial charge in [0.05, 0.1) is 11.1 Å². The summed E-state index contributed by atoms with van der Waals surface area (Å²) in [7, 11) is 1.87. The van der Waals surface area contributed by atoms with E-state index in [-0.39, 0.29) is 5.91 Å². The third kappa shape index (κ3) is 2.68. The fourth-order valence-electron chi connectivity index (χ4n) is 2.82. The highest BCUT2D eigenvalue weighted by Crippen LogP contribution is 2.21. The second-order valence-electron chi connectivity index (χ2n) is 5.39. The Morgan fingerprint density at radius 1 is 1.33 bits per heavy atom. The number of piperidine rings is 1. The van der Waals surface area contributed by atoms with Crippen molar-refractivity contribution in [3.63, 3.8) is 0 Å². The minimum absolute atomic E-state index is 0.258. The highest BCUT2D eigenvalue weighted by molar-refractivity contribution is 5.89. The minimum Gasteiger partial charge on any atom is -0.368 e. The molecule has 1 aliphatic rings. The topological polar surface area (TPSA) is 75.9 Å². The van der Waals surface area contributed by atoms with Crippen LogP contribution in [-0.4, -0.2) is 50.2 Å². The van der Waals surface area contributed by atoms with E-state index in [4.69, 9.17) is 0 Å². The Morgan fingerprint density at radius 3 is 3.00 bits per heavy atom. The molecule has 3 heterocycles. The van der Waals surface area contributed by atoms with Crippen molar-refractivity contribution in [3.05, 3.63) is 12.0 Å². The van der Waals surface area contributed by atoms with Crippen molar-refractivity contribution in [2.45, 2.75) is 26.2 Å². The summed E-state index contributed by atoms with van der Waals surface area (Å²) in [5, 5.41) is 8.63. The zero-order chi connectivity index (χ0) is 14.8. The summed E-state index contributed by atoms with van der Waals surface area (Å²) in [5.41, 5.74) is 1.73. The van der Waals surface area contributed by atoms with Gasteiger partial charge in [-0.05, 0) is 19.8 Å². The maximum atomic E-state index is 11.8. The first-order valence-corrected chi connectivity index (χ1v) is 7.33. The molecule has 7 heteroatoms. The molecule has 0 radical (unpaired) electrons. The van der Waals surface area contributed by atoms with Crippen molar-refractivity contribution in [1.82, 2.24) is 24.6 Å². The van der Waals surface area contributed by atoms with Gasteiger partial charge < -0.3 is 10.2 Å². The number of nitrogens with zero attached hydrogens (tertiary/aromatic N) is 5. The Bertz CT molecular complexity index is 665. The van der Waals surface area contributed by atoms with Gasteiger partial charge in [-0.2, -0.15) is 5.10 Å². The van der Waals surface area contributed by atoms with E-state index in [0.717, 1.165) is 41.9 Å². The molecule has 2 aromatic rings. The van der Waals surface area contributed by atoms with Gasteiger partial charge in [0.1, 0.15) is 12.1 Å². The molecule has 0 saturated carbocycles. The van der Waals surface area contributed by atoms with Crippen molar-refractivity contribution in [3.8, 4) is 0 Å². The predicted octanol–water partition coefficient (Wildman–Crippen LogP) is 1.10. The summed E-state index contributed by atoms with van der Waals surface area (Å²) in [6.45, 7) is 4.21. The van der Waals surface area contributed by atoms with E-state index in [1.807, 2.05) is 18.9 Å². The average Bonchev–Trinajstić information content (AvgIpc) is 2.77. The standard InChI is InChI=1S/C14H20N6O/c1-10-12-13(16-9-17-14(12)19(2)18-10)15-6-8-20-7-4-3-5-11(20)21/h9H,3-8H2,1-2H3,(H,15,16,17).